The lowest BCUT2D eigenvalue weighted by molar-refractivity contribution is -0.140. The van der Waals surface area contributed by atoms with Gasteiger partial charge in [-0.3, -0.25) is 13.9 Å². The van der Waals surface area contributed by atoms with Crippen LogP contribution in [-0.2, 0) is 26.2 Å². The van der Waals surface area contributed by atoms with E-state index in [9.17, 15) is 22.4 Å². The van der Waals surface area contributed by atoms with E-state index in [-0.39, 0.29) is 23.4 Å². The molecule has 3 aromatic rings. The van der Waals surface area contributed by atoms with Crippen molar-refractivity contribution in [2.24, 2.45) is 0 Å². The van der Waals surface area contributed by atoms with Crippen LogP contribution < -0.4 is 9.62 Å². The van der Waals surface area contributed by atoms with Crippen molar-refractivity contribution >= 4 is 27.5 Å². The van der Waals surface area contributed by atoms with Crippen molar-refractivity contribution in [3.8, 4) is 0 Å². The van der Waals surface area contributed by atoms with Crippen LogP contribution in [0.2, 0.25) is 0 Å². The van der Waals surface area contributed by atoms with Crippen molar-refractivity contribution in [3.63, 3.8) is 0 Å². The molecule has 0 radical (unpaired) electrons. The fourth-order valence-electron chi connectivity index (χ4n) is 4.49. The third-order valence-electron chi connectivity index (χ3n) is 7.17. The zero-order chi connectivity index (χ0) is 30.3. The molecule has 2 atom stereocenters. The molecule has 0 aliphatic carbocycles. The summed E-state index contributed by atoms with van der Waals surface area (Å²) in [6.45, 7) is 10.6. The molecule has 3 rings (SSSR count). The number of carbonyl (C=O) groups is 2. The molecule has 0 aliphatic rings. The summed E-state index contributed by atoms with van der Waals surface area (Å²) in [7, 11) is -4.16. The zero-order valence-electron chi connectivity index (χ0n) is 24.6. The highest BCUT2D eigenvalue weighted by Gasteiger charge is 2.34. The molecule has 0 fully saturated rings. The Morgan fingerprint density at radius 1 is 0.878 bits per heavy atom. The van der Waals surface area contributed by atoms with Gasteiger partial charge in [-0.05, 0) is 87.6 Å². The molecule has 0 aromatic heterocycles. The van der Waals surface area contributed by atoms with Crippen LogP contribution in [0.25, 0.3) is 0 Å². The van der Waals surface area contributed by atoms with Gasteiger partial charge in [-0.15, -0.1) is 0 Å². The van der Waals surface area contributed by atoms with Crippen molar-refractivity contribution in [2.45, 2.75) is 77.9 Å². The molecule has 41 heavy (non-hydrogen) atoms. The first-order valence-electron chi connectivity index (χ1n) is 13.9. The van der Waals surface area contributed by atoms with Crippen LogP contribution in [0.5, 0.6) is 0 Å². The molecular weight excluding hydrogens is 541 g/mol. The highest BCUT2D eigenvalue weighted by Crippen LogP contribution is 2.29. The highest BCUT2D eigenvalue weighted by atomic mass is 32.2. The molecule has 9 heteroatoms. The summed E-state index contributed by atoms with van der Waals surface area (Å²) >= 11 is 0. The van der Waals surface area contributed by atoms with E-state index in [1.165, 1.54) is 29.2 Å². The molecule has 0 saturated carbocycles. The predicted octanol–water partition coefficient (Wildman–Crippen LogP) is 5.67. The maximum absolute atomic E-state index is 14.2. The fraction of sp³-hybridized carbons (Fsp3) is 0.375. The van der Waals surface area contributed by atoms with E-state index in [2.05, 4.69) is 5.32 Å². The second-order valence-corrected chi connectivity index (χ2v) is 12.4. The monoisotopic (exact) mass is 581 g/mol. The van der Waals surface area contributed by atoms with Gasteiger partial charge in [0.05, 0.1) is 10.6 Å². The first-order valence-corrected chi connectivity index (χ1v) is 15.3. The van der Waals surface area contributed by atoms with Crippen LogP contribution in [0, 0.1) is 26.6 Å². The quantitative estimate of drug-likeness (QED) is 0.299. The number of sulfonamides is 1. The molecule has 3 aromatic carbocycles. The molecular formula is C32H40FN3O4S. The minimum absolute atomic E-state index is 0.0107. The number of rotatable bonds is 12. The van der Waals surface area contributed by atoms with Crippen LogP contribution >= 0.6 is 0 Å². The van der Waals surface area contributed by atoms with E-state index in [0.717, 1.165) is 15.4 Å². The molecule has 1 N–H and O–H groups in total. The van der Waals surface area contributed by atoms with Crippen LogP contribution in [0.4, 0.5) is 10.1 Å². The van der Waals surface area contributed by atoms with Gasteiger partial charge in [0.1, 0.15) is 18.4 Å². The third kappa shape index (κ3) is 7.94. The minimum atomic E-state index is -4.16. The maximum Gasteiger partial charge on any atom is 0.264 e. The summed E-state index contributed by atoms with van der Waals surface area (Å²) in [5.41, 5.74) is 3.43. The Kier molecular flexibility index (Phi) is 10.7. The Labute approximate surface area is 243 Å². The third-order valence-corrected chi connectivity index (χ3v) is 8.95. The largest absolute Gasteiger partial charge is 0.352 e. The van der Waals surface area contributed by atoms with Crippen LogP contribution in [0.1, 0.15) is 55.9 Å². The lowest BCUT2D eigenvalue weighted by Crippen LogP contribution is -2.53. The van der Waals surface area contributed by atoms with Crippen molar-refractivity contribution < 1.29 is 22.4 Å². The number of amides is 2. The number of nitrogens with zero attached hydrogens (tertiary/aromatic N) is 2. The minimum Gasteiger partial charge on any atom is -0.352 e. The van der Waals surface area contributed by atoms with Crippen molar-refractivity contribution in [1.82, 2.24) is 10.2 Å². The lowest BCUT2D eigenvalue weighted by Gasteiger charge is -2.34. The summed E-state index contributed by atoms with van der Waals surface area (Å²) in [5, 5.41) is 2.95. The van der Waals surface area contributed by atoms with Gasteiger partial charge >= 0.3 is 0 Å². The van der Waals surface area contributed by atoms with E-state index < -0.39 is 34.3 Å². The Morgan fingerprint density at radius 3 is 2.07 bits per heavy atom. The number of hydrogen-bond acceptors (Lipinski definition) is 4. The smallest absolute Gasteiger partial charge is 0.264 e. The predicted molar refractivity (Wildman–Crippen MR) is 161 cm³/mol. The fourth-order valence-corrected chi connectivity index (χ4v) is 5.96. The number of carbonyl (C=O) groups excluding carboxylic acids is 2. The average Bonchev–Trinajstić information content (AvgIpc) is 2.94. The topological polar surface area (TPSA) is 86.8 Å². The van der Waals surface area contributed by atoms with E-state index in [1.54, 1.807) is 44.2 Å². The molecule has 0 spiro atoms. The van der Waals surface area contributed by atoms with E-state index in [0.29, 0.717) is 29.7 Å². The lowest BCUT2D eigenvalue weighted by atomic mass is 10.1. The second-order valence-electron chi connectivity index (χ2n) is 10.5. The Morgan fingerprint density at radius 2 is 1.49 bits per heavy atom. The van der Waals surface area contributed by atoms with Gasteiger partial charge in [-0.1, -0.05) is 55.8 Å². The van der Waals surface area contributed by atoms with Crippen molar-refractivity contribution in [2.75, 3.05) is 10.8 Å². The highest BCUT2D eigenvalue weighted by molar-refractivity contribution is 7.92. The SMILES string of the molecule is CC[C@H](C(=O)N[C@@H](C)CC)N(Cc1ccc(F)cc1)C(=O)CN(c1cc(C)ccc1C)S(=O)(=O)c1ccc(C)cc1. The van der Waals surface area contributed by atoms with Gasteiger partial charge in [-0.2, -0.15) is 0 Å². The van der Waals surface area contributed by atoms with Gasteiger partial charge in [0, 0.05) is 12.6 Å². The molecule has 0 saturated heterocycles. The first-order chi connectivity index (χ1) is 19.4. The van der Waals surface area contributed by atoms with Gasteiger partial charge in [0.15, 0.2) is 0 Å². The van der Waals surface area contributed by atoms with Crippen LogP contribution in [-0.4, -0.2) is 43.8 Å². The molecule has 0 aliphatic heterocycles. The number of benzene rings is 3. The van der Waals surface area contributed by atoms with Crippen LogP contribution in [0.15, 0.2) is 71.6 Å². The standard InChI is InChI=1S/C32H40FN3O4S/c1-7-25(6)34-32(38)29(8-2)35(20-26-13-15-27(33)16-14-26)31(37)21-36(30-19-23(4)9-12-24(30)5)41(39,40)28-17-10-22(3)11-18-28/h9-19,25,29H,7-8,20-21H2,1-6H3,(H,34,38)/t25-,29+/m0/s1. The van der Waals surface area contributed by atoms with Crippen molar-refractivity contribution in [3.05, 3.63) is 94.8 Å². The molecule has 0 unspecified atom stereocenters. The van der Waals surface area contributed by atoms with Gasteiger partial charge in [0.25, 0.3) is 10.0 Å². The summed E-state index contributed by atoms with van der Waals surface area (Å²) < 4.78 is 42.9. The zero-order valence-corrected chi connectivity index (χ0v) is 25.5. The van der Waals surface area contributed by atoms with Crippen LogP contribution in [0.3, 0.4) is 0 Å². The van der Waals surface area contributed by atoms with E-state index in [1.807, 2.05) is 39.8 Å². The Bertz CT molecular complexity index is 1460. The van der Waals surface area contributed by atoms with Gasteiger partial charge < -0.3 is 10.2 Å². The Balaban J connectivity index is 2.10. The molecule has 0 bridgehead atoms. The summed E-state index contributed by atoms with van der Waals surface area (Å²) in [6.07, 6.45) is 1.02. The van der Waals surface area contributed by atoms with Crippen molar-refractivity contribution in [1.29, 1.82) is 0 Å². The number of hydrogen-bond donors (Lipinski definition) is 1. The summed E-state index contributed by atoms with van der Waals surface area (Å²) in [6, 6.07) is 16.7. The summed E-state index contributed by atoms with van der Waals surface area (Å²) in [4.78, 5) is 28.9. The number of anilines is 1. The van der Waals surface area contributed by atoms with Gasteiger partial charge in [0.2, 0.25) is 11.8 Å². The number of halogens is 1. The van der Waals surface area contributed by atoms with E-state index >= 15 is 0 Å². The number of nitrogens with one attached hydrogen (secondary N) is 1. The molecule has 0 heterocycles. The summed E-state index contributed by atoms with van der Waals surface area (Å²) in [5.74, 6) is -1.28. The molecule has 2 amide bonds. The maximum atomic E-state index is 14.2. The Hall–Kier alpha value is -3.72. The molecule has 7 nitrogen and oxygen atoms in total. The van der Waals surface area contributed by atoms with Gasteiger partial charge in [-0.25, -0.2) is 12.8 Å². The normalized spacial score (nSPS) is 12.9. The number of aryl methyl sites for hydroxylation is 3. The molecule has 220 valence electrons. The second kappa shape index (κ2) is 13.8. The first kappa shape index (κ1) is 31.8. The average molecular weight is 582 g/mol. The van der Waals surface area contributed by atoms with E-state index in [4.69, 9.17) is 0 Å².